The fourth-order valence-corrected chi connectivity index (χ4v) is 1.54. The van der Waals surface area contributed by atoms with Crippen molar-refractivity contribution in [3.63, 3.8) is 0 Å². The van der Waals surface area contributed by atoms with Gasteiger partial charge in [-0.1, -0.05) is 13.8 Å². The van der Waals surface area contributed by atoms with E-state index in [0.29, 0.717) is 65.1 Å². The smallest absolute Gasteiger partial charge is 0.243 e. The Kier molecular flexibility index (Phi) is 14.8. The van der Waals surface area contributed by atoms with E-state index in [1.165, 1.54) is 0 Å². The van der Waals surface area contributed by atoms with Gasteiger partial charge in [0.2, 0.25) is 11.8 Å². The Morgan fingerprint density at radius 1 is 0.870 bits per heavy atom. The SMILES string of the molecule is CC(C)CC(=O)NCCOCCOCCOCCOCC(N)=O. The second-order valence-corrected chi connectivity index (χ2v) is 5.30. The Morgan fingerprint density at radius 3 is 1.83 bits per heavy atom. The van der Waals surface area contributed by atoms with E-state index < -0.39 is 5.91 Å². The first kappa shape index (κ1) is 21.8. The molecule has 23 heavy (non-hydrogen) atoms. The molecule has 0 heterocycles. The number of carbonyl (C=O) groups excluding carboxylic acids is 2. The van der Waals surface area contributed by atoms with Gasteiger partial charge in [-0.05, 0) is 5.92 Å². The fourth-order valence-electron chi connectivity index (χ4n) is 1.54. The summed E-state index contributed by atoms with van der Waals surface area (Å²) in [6.45, 7) is 7.49. The molecule has 0 atom stereocenters. The van der Waals surface area contributed by atoms with Crippen molar-refractivity contribution in [1.82, 2.24) is 5.32 Å². The average molecular weight is 334 g/mol. The van der Waals surface area contributed by atoms with E-state index in [0.717, 1.165) is 0 Å². The van der Waals surface area contributed by atoms with E-state index in [2.05, 4.69) is 5.32 Å². The molecule has 8 nitrogen and oxygen atoms in total. The van der Waals surface area contributed by atoms with Gasteiger partial charge in [-0.3, -0.25) is 9.59 Å². The van der Waals surface area contributed by atoms with Crippen LogP contribution in [0.1, 0.15) is 20.3 Å². The minimum Gasteiger partial charge on any atom is -0.377 e. The van der Waals surface area contributed by atoms with Gasteiger partial charge in [-0.15, -0.1) is 0 Å². The zero-order valence-electron chi connectivity index (χ0n) is 14.2. The van der Waals surface area contributed by atoms with Crippen molar-refractivity contribution in [2.24, 2.45) is 11.7 Å². The maximum absolute atomic E-state index is 11.4. The summed E-state index contributed by atoms with van der Waals surface area (Å²) in [4.78, 5) is 21.7. The van der Waals surface area contributed by atoms with E-state index in [4.69, 9.17) is 24.7 Å². The Morgan fingerprint density at radius 2 is 1.35 bits per heavy atom. The summed E-state index contributed by atoms with van der Waals surface area (Å²) in [6, 6.07) is 0. The van der Waals surface area contributed by atoms with E-state index in [-0.39, 0.29) is 12.5 Å². The van der Waals surface area contributed by atoms with E-state index in [9.17, 15) is 9.59 Å². The van der Waals surface area contributed by atoms with Gasteiger partial charge in [0.25, 0.3) is 0 Å². The summed E-state index contributed by atoms with van der Waals surface area (Å²) in [5.74, 6) is -0.0779. The van der Waals surface area contributed by atoms with Crippen LogP contribution in [0.4, 0.5) is 0 Å². The molecule has 0 fully saturated rings. The molecule has 0 unspecified atom stereocenters. The molecule has 0 saturated heterocycles. The lowest BCUT2D eigenvalue weighted by atomic mass is 10.1. The summed E-state index contributed by atoms with van der Waals surface area (Å²) in [6.07, 6.45) is 0.538. The summed E-state index contributed by atoms with van der Waals surface area (Å²) in [5, 5.41) is 2.79. The number of nitrogens with one attached hydrogen (secondary N) is 1. The Labute approximate surface area is 138 Å². The fraction of sp³-hybridized carbons (Fsp3) is 0.867. The molecule has 0 radical (unpaired) electrons. The maximum Gasteiger partial charge on any atom is 0.243 e. The maximum atomic E-state index is 11.4. The van der Waals surface area contributed by atoms with Crippen molar-refractivity contribution in [1.29, 1.82) is 0 Å². The predicted octanol–water partition coefficient (Wildman–Crippen LogP) is -0.300. The number of hydrogen-bond acceptors (Lipinski definition) is 6. The van der Waals surface area contributed by atoms with Crippen molar-refractivity contribution in [3.05, 3.63) is 0 Å². The van der Waals surface area contributed by atoms with Gasteiger partial charge in [0.15, 0.2) is 0 Å². The topological polar surface area (TPSA) is 109 Å². The lowest BCUT2D eigenvalue weighted by Gasteiger charge is -2.08. The summed E-state index contributed by atoms with van der Waals surface area (Å²) in [7, 11) is 0. The van der Waals surface area contributed by atoms with Crippen LogP contribution < -0.4 is 11.1 Å². The van der Waals surface area contributed by atoms with Gasteiger partial charge in [-0.25, -0.2) is 0 Å². The lowest BCUT2D eigenvalue weighted by molar-refractivity contribution is -0.123. The number of rotatable bonds is 16. The largest absolute Gasteiger partial charge is 0.377 e. The lowest BCUT2D eigenvalue weighted by Crippen LogP contribution is -2.28. The third-order valence-corrected chi connectivity index (χ3v) is 2.52. The molecule has 0 saturated carbocycles. The first-order chi connectivity index (χ1) is 11.0. The Balaban J connectivity index is 3.11. The second-order valence-electron chi connectivity index (χ2n) is 5.30. The van der Waals surface area contributed by atoms with Crippen molar-refractivity contribution in [3.8, 4) is 0 Å². The van der Waals surface area contributed by atoms with Crippen LogP contribution in [0.25, 0.3) is 0 Å². The van der Waals surface area contributed by atoms with Crippen LogP contribution >= 0.6 is 0 Å². The number of nitrogens with two attached hydrogens (primary N) is 1. The van der Waals surface area contributed by atoms with Crippen molar-refractivity contribution >= 4 is 11.8 Å². The highest BCUT2D eigenvalue weighted by molar-refractivity contribution is 5.76. The predicted molar refractivity (Wildman–Crippen MR) is 84.9 cm³/mol. The first-order valence-electron chi connectivity index (χ1n) is 7.88. The Hall–Kier alpha value is -1.22. The number of carbonyl (C=O) groups is 2. The molecule has 0 aromatic rings. The van der Waals surface area contributed by atoms with Crippen LogP contribution in [0, 0.1) is 5.92 Å². The molecule has 0 aliphatic carbocycles. The van der Waals surface area contributed by atoms with Crippen LogP contribution in [-0.2, 0) is 28.5 Å². The average Bonchev–Trinajstić information content (AvgIpc) is 2.46. The zero-order chi connectivity index (χ0) is 17.3. The van der Waals surface area contributed by atoms with E-state index in [1.807, 2.05) is 13.8 Å². The monoisotopic (exact) mass is 334 g/mol. The second kappa shape index (κ2) is 15.7. The molecule has 0 bridgehead atoms. The highest BCUT2D eigenvalue weighted by Gasteiger charge is 2.03. The molecule has 0 spiro atoms. The van der Waals surface area contributed by atoms with Crippen LogP contribution in [-0.4, -0.2) is 71.2 Å². The van der Waals surface area contributed by atoms with Gasteiger partial charge in [-0.2, -0.15) is 0 Å². The first-order valence-corrected chi connectivity index (χ1v) is 7.88. The van der Waals surface area contributed by atoms with Crippen LogP contribution in [0.2, 0.25) is 0 Å². The number of primary amides is 1. The van der Waals surface area contributed by atoms with Gasteiger partial charge in [0.05, 0.1) is 46.2 Å². The third-order valence-electron chi connectivity index (χ3n) is 2.52. The molecule has 8 heteroatoms. The van der Waals surface area contributed by atoms with Crippen molar-refractivity contribution in [2.45, 2.75) is 20.3 Å². The van der Waals surface area contributed by atoms with Crippen LogP contribution in [0.15, 0.2) is 0 Å². The number of hydrogen-bond donors (Lipinski definition) is 2. The molecular formula is C15H30N2O6. The molecule has 0 aromatic heterocycles. The molecule has 2 amide bonds. The standard InChI is InChI=1S/C15H30N2O6/c1-13(2)11-15(19)17-3-4-20-5-6-21-7-8-22-9-10-23-12-14(16)18/h13H,3-12H2,1-2H3,(H2,16,18)(H,17,19). The van der Waals surface area contributed by atoms with Crippen LogP contribution in [0.5, 0.6) is 0 Å². The number of amides is 2. The van der Waals surface area contributed by atoms with Crippen molar-refractivity contribution < 1.29 is 28.5 Å². The molecule has 0 rings (SSSR count). The quantitative estimate of drug-likeness (QED) is 0.375. The molecule has 136 valence electrons. The summed E-state index contributed by atoms with van der Waals surface area (Å²) < 4.78 is 20.8. The molecule has 0 aliphatic rings. The molecular weight excluding hydrogens is 304 g/mol. The zero-order valence-corrected chi connectivity index (χ0v) is 14.2. The van der Waals surface area contributed by atoms with Crippen molar-refractivity contribution in [2.75, 3.05) is 59.4 Å². The van der Waals surface area contributed by atoms with E-state index in [1.54, 1.807) is 0 Å². The highest BCUT2D eigenvalue weighted by atomic mass is 16.6. The molecule has 0 aromatic carbocycles. The van der Waals surface area contributed by atoms with Gasteiger partial charge in [0.1, 0.15) is 6.61 Å². The van der Waals surface area contributed by atoms with Crippen LogP contribution in [0.3, 0.4) is 0 Å². The summed E-state index contributed by atoms with van der Waals surface area (Å²) in [5.41, 5.74) is 4.91. The summed E-state index contributed by atoms with van der Waals surface area (Å²) >= 11 is 0. The number of ether oxygens (including phenoxy) is 4. The highest BCUT2D eigenvalue weighted by Crippen LogP contribution is 1.97. The molecule has 3 N–H and O–H groups in total. The van der Waals surface area contributed by atoms with E-state index >= 15 is 0 Å². The Bertz CT molecular complexity index is 312. The van der Waals surface area contributed by atoms with Gasteiger partial charge >= 0.3 is 0 Å². The molecule has 0 aliphatic heterocycles. The van der Waals surface area contributed by atoms with Gasteiger partial charge < -0.3 is 30.0 Å². The minimum atomic E-state index is -0.493. The third kappa shape index (κ3) is 18.7. The van der Waals surface area contributed by atoms with Gasteiger partial charge in [0, 0.05) is 13.0 Å². The minimum absolute atomic E-state index is 0.0526. The normalized spacial score (nSPS) is 10.9.